The number of carbonyl (C=O) groups is 2. The maximum atomic E-state index is 13.0. The average molecular weight is 451 g/mol. The van der Waals surface area contributed by atoms with E-state index in [2.05, 4.69) is 38.2 Å². The van der Waals surface area contributed by atoms with Crippen molar-refractivity contribution in [3.8, 4) is 5.75 Å². The second-order valence-corrected chi connectivity index (χ2v) is 10.6. The largest absolute Gasteiger partial charge is 0.443 e. The molecule has 1 N–H and O–H groups in total. The first-order valence-electron chi connectivity index (χ1n) is 11.7. The number of benzene rings is 2. The highest BCUT2D eigenvalue weighted by Crippen LogP contribution is 2.50. The van der Waals surface area contributed by atoms with Crippen LogP contribution < -0.4 is 15.0 Å². The van der Waals surface area contributed by atoms with Gasteiger partial charge in [-0.05, 0) is 74.5 Å². The molecule has 33 heavy (non-hydrogen) atoms. The lowest BCUT2D eigenvalue weighted by molar-refractivity contribution is -0.133. The fourth-order valence-electron chi connectivity index (χ4n) is 4.74. The number of anilines is 1. The fourth-order valence-corrected chi connectivity index (χ4v) is 4.74. The van der Waals surface area contributed by atoms with E-state index in [4.69, 9.17) is 9.47 Å². The lowest BCUT2D eigenvalue weighted by Crippen LogP contribution is -2.50. The zero-order valence-corrected chi connectivity index (χ0v) is 20.4. The summed E-state index contributed by atoms with van der Waals surface area (Å²) in [6.07, 6.45) is 0.527. The van der Waals surface area contributed by atoms with E-state index >= 15 is 0 Å². The highest BCUT2D eigenvalue weighted by atomic mass is 16.6. The van der Waals surface area contributed by atoms with Crippen LogP contribution in [0.15, 0.2) is 42.5 Å². The van der Waals surface area contributed by atoms with Crippen LogP contribution in [0.1, 0.15) is 70.6 Å². The molecule has 2 aliphatic heterocycles. The summed E-state index contributed by atoms with van der Waals surface area (Å²) in [5.74, 6) is 0.642. The van der Waals surface area contributed by atoms with Crippen LogP contribution in [-0.2, 0) is 21.4 Å². The van der Waals surface area contributed by atoms with Crippen molar-refractivity contribution < 1.29 is 19.1 Å². The fraction of sp³-hybridized carbons (Fsp3) is 0.481. The molecule has 4 rings (SSSR count). The van der Waals surface area contributed by atoms with Crippen LogP contribution in [0, 0.1) is 0 Å². The number of amides is 1. The summed E-state index contributed by atoms with van der Waals surface area (Å²) in [5.41, 5.74) is 3.10. The van der Waals surface area contributed by atoms with Crippen LogP contribution in [0.2, 0.25) is 0 Å². The van der Waals surface area contributed by atoms with Gasteiger partial charge in [-0.1, -0.05) is 45.0 Å². The third-order valence-corrected chi connectivity index (χ3v) is 6.50. The van der Waals surface area contributed by atoms with Crippen LogP contribution in [0.3, 0.4) is 0 Å². The van der Waals surface area contributed by atoms with Gasteiger partial charge in [0.2, 0.25) is 0 Å². The molecule has 1 unspecified atom stereocenters. The maximum absolute atomic E-state index is 13.0. The Balaban J connectivity index is 1.53. The van der Waals surface area contributed by atoms with E-state index in [1.54, 1.807) is 11.0 Å². The van der Waals surface area contributed by atoms with Crippen molar-refractivity contribution in [3.63, 3.8) is 0 Å². The van der Waals surface area contributed by atoms with Crippen molar-refractivity contribution in [2.45, 2.75) is 77.5 Å². The van der Waals surface area contributed by atoms with Crippen molar-refractivity contribution in [1.29, 1.82) is 0 Å². The number of nitrogens with one attached hydrogen (secondary N) is 1. The Hall–Kier alpha value is -2.86. The lowest BCUT2D eigenvalue weighted by atomic mass is 9.81. The second kappa shape index (κ2) is 8.49. The highest BCUT2D eigenvalue weighted by molar-refractivity contribution is 5.93. The number of esters is 1. The summed E-state index contributed by atoms with van der Waals surface area (Å²) < 4.78 is 11.4. The lowest BCUT2D eigenvalue weighted by Gasteiger charge is -2.31. The molecule has 2 aliphatic rings. The molecule has 1 saturated heterocycles. The first-order valence-corrected chi connectivity index (χ1v) is 11.7. The maximum Gasteiger partial charge on any atom is 0.416 e. The minimum atomic E-state index is -0.586. The van der Waals surface area contributed by atoms with E-state index in [0.717, 1.165) is 29.8 Å². The molecule has 176 valence electrons. The van der Waals surface area contributed by atoms with Crippen molar-refractivity contribution in [2.24, 2.45) is 0 Å². The molecular weight excluding hydrogens is 416 g/mol. The van der Waals surface area contributed by atoms with Gasteiger partial charge >= 0.3 is 12.1 Å². The van der Waals surface area contributed by atoms with Crippen LogP contribution in [0.4, 0.5) is 10.5 Å². The second-order valence-electron chi connectivity index (χ2n) is 10.6. The van der Waals surface area contributed by atoms with Gasteiger partial charge in [0.15, 0.2) is 0 Å². The molecule has 6 heteroatoms. The normalized spacial score (nSPS) is 21.7. The van der Waals surface area contributed by atoms with E-state index in [1.807, 2.05) is 45.0 Å². The Morgan fingerprint density at radius 3 is 2.48 bits per heavy atom. The topological polar surface area (TPSA) is 67.9 Å². The van der Waals surface area contributed by atoms with Gasteiger partial charge in [-0.2, -0.15) is 0 Å². The summed E-state index contributed by atoms with van der Waals surface area (Å²) in [6.45, 7) is 12.8. The van der Waals surface area contributed by atoms with E-state index in [9.17, 15) is 9.59 Å². The summed E-state index contributed by atoms with van der Waals surface area (Å²) in [5, 5.41) is 3.45. The molecule has 1 amide bonds. The standard InChI is InChI=1S/C27H34N2O4/c1-17(2)19-9-7-18(8-10-19)15-23(30)32-20-11-12-22-21(16-20)27(6)13-14-28-24(27)29(22)25(31)33-26(3,4)5/h7-12,16-17,24,28H,13-15H2,1-6H3/t24?,27-/m0/s1. The third kappa shape index (κ3) is 4.62. The number of nitrogens with zero attached hydrogens (tertiary/aromatic N) is 1. The molecule has 0 saturated carbocycles. The number of hydrogen-bond donors (Lipinski definition) is 1. The van der Waals surface area contributed by atoms with E-state index < -0.39 is 5.60 Å². The molecule has 0 spiro atoms. The number of carbonyl (C=O) groups excluding carboxylic acids is 2. The summed E-state index contributed by atoms with van der Waals surface area (Å²) in [6, 6.07) is 13.6. The van der Waals surface area contributed by atoms with E-state index in [-0.39, 0.29) is 30.1 Å². The SMILES string of the molecule is CC(C)c1ccc(CC(=O)Oc2ccc3c(c2)[C@]2(C)CCNC2N3C(=O)OC(C)(C)C)cc1. The first-order chi connectivity index (χ1) is 15.5. The predicted molar refractivity (Wildman–Crippen MR) is 129 cm³/mol. The van der Waals surface area contributed by atoms with Crippen LogP contribution in [0.5, 0.6) is 5.75 Å². The zero-order valence-electron chi connectivity index (χ0n) is 20.4. The molecule has 2 atom stereocenters. The summed E-state index contributed by atoms with van der Waals surface area (Å²) in [7, 11) is 0. The Morgan fingerprint density at radius 1 is 1.15 bits per heavy atom. The summed E-state index contributed by atoms with van der Waals surface area (Å²) in [4.78, 5) is 27.3. The van der Waals surface area contributed by atoms with Gasteiger partial charge in [-0.15, -0.1) is 0 Å². The molecule has 2 heterocycles. The first kappa shape index (κ1) is 23.3. The minimum absolute atomic E-state index is 0.187. The van der Waals surface area contributed by atoms with Crippen LogP contribution >= 0.6 is 0 Å². The van der Waals surface area contributed by atoms with Gasteiger partial charge in [0.05, 0.1) is 12.1 Å². The van der Waals surface area contributed by atoms with Gasteiger partial charge in [0.25, 0.3) is 0 Å². The van der Waals surface area contributed by atoms with Crippen molar-refractivity contribution in [2.75, 3.05) is 11.4 Å². The number of hydrogen-bond acceptors (Lipinski definition) is 5. The molecule has 0 bridgehead atoms. The van der Waals surface area contributed by atoms with Crippen molar-refractivity contribution >= 4 is 17.7 Å². The molecule has 6 nitrogen and oxygen atoms in total. The Kier molecular flexibility index (Phi) is 5.99. The van der Waals surface area contributed by atoms with Gasteiger partial charge in [0, 0.05) is 5.41 Å². The van der Waals surface area contributed by atoms with Crippen LogP contribution in [0.25, 0.3) is 0 Å². The Labute approximate surface area is 196 Å². The van der Waals surface area contributed by atoms with Gasteiger partial charge in [-0.3, -0.25) is 15.0 Å². The quantitative estimate of drug-likeness (QED) is 0.506. The molecular formula is C27H34N2O4. The number of rotatable bonds is 4. The van der Waals surface area contributed by atoms with Gasteiger partial charge in [0.1, 0.15) is 17.5 Å². The van der Waals surface area contributed by atoms with Crippen molar-refractivity contribution in [3.05, 3.63) is 59.2 Å². The Morgan fingerprint density at radius 2 is 1.85 bits per heavy atom. The monoisotopic (exact) mass is 450 g/mol. The number of ether oxygens (including phenoxy) is 2. The van der Waals surface area contributed by atoms with Crippen LogP contribution in [-0.4, -0.2) is 30.4 Å². The molecule has 0 radical (unpaired) electrons. The molecule has 0 aliphatic carbocycles. The highest BCUT2D eigenvalue weighted by Gasteiger charge is 2.53. The smallest absolute Gasteiger partial charge is 0.416 e. The molecule has 0 aromatic heterocycles. The van der Waals surface area contributed by atoms with E-state index in [0.29, 0.717) is 11.7 Å². The van der Waals surface area contributed by atoms with E-state index in [1.165, 1.54) is 5.56 Å². The van der Waals surface area contributed by atoms with Crippen molar-refractivity contribution in [1.82, 2.24) is 5.32 Å². The molecule has 2 aromatic carbocycles. The zero-order chi connectivity index (χ0) is 24.0. The average Bonchev–Trinajstić information content (AvgIpc) is 3.20. The van der Waals surface area contributed by atoms with Gasteiger partial charge in [-0.25, -0.2) is 4.79 Å². The Bertz CT molecular complexity index is 1050. The molecule has 2 aromatic rings. The number of fused-ring (bicyclic) bond motifs is 3. The third-order valence-electron chi connectivity index (χ3n) is 6.50. The molecule has 1 fully saturated rings. The summed E-state index contributed by atoms with van der Waals surface area (Å²) >= 11 is 0. The van der Waals surface area contributed by atoms with Gasteiger partial charge < -0.3 is 9.47 Å². The minimum Gasteiger partial charge on any atom is -0.443 e. The predicted octanol–water partition coefficient (Wildman–Crippen LogP) is 5.29.